The van der Waals surface area contributed by atoms with E-state index in [0.717, 1.165) is 51.4 Å². The van der Waals surface area contributed by atoms with Crippen molar-refractivity contribution in [3.8, 4) is 6.07 Å². The predicted molar refractivity (Wildman–Crippen MR) is 187 cm³/mol. The summed E-state index contributed by atoms with van der Waals surface area (Å²) in [5, 5.41) is 8.92. The molecule has 1 aliphatic rings. The highest BCUT2D eigenvalue weighted by molar-refractivity contribution is 7.44. The minimum absolute atomic E-state index is 0.0119. The zero-order valence-corrected chi connectivity index (χ0v) is 32.1. The van der Waals surface area contributed by atoms with E-state index in [1.54, 1.807) is 0 Å². The molecule has 7 unspecified atom stereocenters. The first-order valence-corrected chi connectivity index (χ1v) is 19.3. The smallest absolute Gasteiger partial charge is 0.303 e. The first kappa shape index (κ1) is 44.4. The number of unbranched alkanes of at least 4 members (excludes halogenated alkanes) is 6. The molecule has 0 bridgehead atoms. The summed E-state index contributed by atoms with van der Waals surface area (Å²) < 4.78 is 37.3. The summed E-state index contributed by atoms with van der Waals surface area (Å²) in [5.74, 6) is -0.348. The van der Waals surface area contributed by atoms with Crippen molar-refractivity contribution in [2.75, 3.05) is 26.4 Å². The van der Waals surface area contributed by atoms with Crippen molar-refractivity contribution < 1.29 is 42.4 Å². The Labute approximate surface area is 292 Å². The fourth-order valence-electron chi connectivity index (χ4n) is 5.89. The van der Waals surface area contributed by atoms with E-state index in [1.807, 2.05) is 13.8 Å². The molecule has 48 heavy (non-hydrogen) atoms. The van der Waals surface area contributed by atoms with Gasteiger partial charge in [-0.1, -0.05) is 59.3 Å². The van der Waals surface area contributed by atoms with Gasteiger partial charge in [-0.3, -0.25) is 14.4 Å². The number of Topliss-reactive ketones (excluding diaryl/α,β-unsaturated/α-hetero) is 1. The Bertz CT molecular complexity index is 952. The number of nitriles is 1. The van der Waals surface area contributed by atoms with Crippen LogP contribution in [-0.4, -0.2) is 79.4 Å². The van der Waals surface area contributed by atoms with Gasteiger partial charge in [0.2, 0.25) is 0 Å². The molecular weight excluding hydrogens is 635 g/mol. The van der Waals surface area contributed by atoms with Crippen LogP contribution in [0.1, 0.15) is 133 Å². The highest BCUT2D eigenvalue weighted by atomic mass is 31.2. The van der Waals surface area contributed by atoms with Crippen molar-refractivity contribution in [1.29, 1.82) is 5.26 Å². The lowest BCUT2D eigenvalue weighted by molar-refractivity contribution is -0.273. The van der Waals surface area contributed by atoms with Gasteiger partial charge in [-0.2, -0.15) is 5.26 Å². The number of ether oxygens (including phenoxy) is 4. The Kier molecular flexibility index (Phi) is 23.4. The molecule has 1 rings (SSSR count). The second-order valence-corrected chi connectivity index (χ2v) is 15.0. The largest absolute Gasteiger partial charge is 0.463 e. The zero-order valence-electron chi connectivity index (χ0n) is 31.2. The van der Waals surface area contributed by atoms with Crippen LogP contribution < -0.4 is 0 Å². The molecule has 11 nitrogen and oxygen atoms in total. The second kappa shape index (κ2) is 25.3. The van der Waals surface area contributed by atoms with Gasteiger partial charge in [0.25, 0.3) is 8.53 Å². The Balaban J connectivity index is 2.31. The third kappa shape index (κ3) is 17.8. The Hall–Kier alpha value is -1.67. The molecule has 0 aromatic rings. The number of carbonyl (C=O) groups is 3. The molecule has 1 saturated heterocycles. The minimum Gasteiger partial charge on any atom is -0.463 e. The molecule has 1 aliphatic heterocycles. The van der Waals surface area contributed by atoms with Crippen LogP contribution in [0.2, 0.25) is 0 Å². The number of hydrogen-bond acceptors (Lipinski definition) is 11. The quantitative estimate of drug-likeness (QED) is 0.0495. The van der Waals surface area contributed by atoms with Gasteiger partial charge in [0.05, 0.1) is 25.7 Å². The van der Waals surface area contributed by atoms with Crippen LogP contribution in [0.3, 0.4) is 0 Å². The van der Waals surface area contributed by atoms with Gasteiger partial charge in [0.1, 0.15) is 24.6 Å². The summed E-state index contributed by atoms with van der Waals surface area (Å²) in [4.78, 5) is 35.7. The average molecular weight is 701 g/mol. The van der Waals surface area contributed by atoms with Gasteiger partial charge in [0.15, 0.2) is 6.29 Å². The van der Waals surface area contributed by atoms with Gasteiger partial charge in [-0.25, -0.2) is 4.67 Å². The molecule has 0 amide bonds. The molecule has 0 aromatic heterocycles. The molecule has 0 aliphatic carbocycles. The van der Waals surface area contributed by atoms with E-state index in [-0.39, 0.29) is 36.4 Å². The Morgan fingerprint density at radius 1 is 0.875 bits per heavy atom. The van der Waals surface area contributed by atoms with Gasteiger partial charge in [-0.05, 0) is 46.5 Å². The molecule has 0 N–H and O–H groups in total. The number of rotatable bonds is 26. The maximum absolute atomic E-state index is 12.8. The fourth-order valence-corrected chi connectivity index (χ4v) is 7.58. The molecule has 12 heteroatoms. The van der Waals surface area contributed by atoms with E-state index < -0.39 is 39.0 Å². The number of ketones is 1. The standard InChI is InChI=1S/C36H65N2O9P/c1-10-32(24-45-48(44-22-18-20-37)38(26(2)3)27(4)5)23-33(41)19-16-14-12-11-13-15-17-21-42-36-29(7)28(6)35(46-31(9)40)34(47-36)25-43-30(8)39/h26-29,32,34-36H,10-19,21-25H2,1-9H3. The topological polar surface area (TPSA) is 134 Å². The molecule has 0 aromatic carbocycles. The third-order valence-corrected chi connectivity index (χ3v) is 10.8. The van der Waals surface area contributed by atoms with E-state index in [2.05, 4.69) is 45.4 Å². The van der Waals surface area contributed by atoms with E-state index >= 15 is 0 Å². The molecular formula is C36H65N2O9P. The lowest BCUT2D eigenvalue weighted by atomic mass is 9.84. The van der Waals surface area contributed by atoms with E-state index in [1.165, 1.54) is 13.8 Å². The monoisotopic (exact) mass is 700 g/mol. The Morgan fingerprint density at radius 3 is 2.06 bits per heavy atom. The summed E-state index contributed by atoms with van der Waals surface area (Å²) in [6.07, 6.45) is 8.07. The van der Waals surface area contributed by atoms with Crippen molar-refractivity contribution in [2.45, 2.75) is 164 Å². The minimum atomic E-state index is -1.29. The summed E-state index contributed by atoms with van der Waals surface area (Å²) >= 11 is 0. The molecule has 278 valence electrons. The summed E-state index contributed by atoms with van der Waals surface area (Å²) in [6.45, 7) is 18.7. The molecule has 0 saturated carbocycles. The van der Waals surface area contributed by atoms with Crippen LogP contribution in [0.4, 0.5) is 0 Å². The predicted octanol–water partition coefficient (Wildman–Crippen LogP) is 7.89. The fraction of sp³-hybridized carbons (Fsp3) is 0.889. The van der Waals surface area contributed by atoms with Gasteiger partial charge in [0, 0.05) is 57.2 Å². The Morgan fingerprint density at radius 2 is 1.50 bits per heavy atom. The van der Waals surface area contributed by atoms with Crippen LogP contribution >= 0.6 is 8.53 Å². The molecule has 1 heterocycles. The van der Waals surface area contributed by atoms with Crippen LogP contribution in [0, 0.1) is 29.1 Å². The average Bonchev–Trinajstić information content (AvgIpc) is 3.01. The normalized spacial score (nSPS) is 22.4. The lowest BCUT2D eigenvalue weighted by Crippen LogP contribution is -2.53. The van der Waals surface area contributed by atoms with Gasteiger partial charge in [-0.15, -0.1) is 0 Å². The van der Waals surface area contributed by atoms with Gasteiger partial charge >= 0.3 is 11.9 Å². The van der Waals surface area contributed by atoms with Crippen molar-refractivity contribution >= 4 is 26.2 Å². The number of hydrogen-bond donors (Lipinski definition) is 0. The van der Waals surface area contributed by atoms with Crippen LogP contribution in [-0.2, 0) is 42.4 Å². The first-order valence-electron chi connectivity index (χ1n) is 18.1. The number of carbonyl (C=O) groups excluding carboxylic acids is 3. The van der Waals surface area contributed by atoms with E-state index in [9.17, 15) is 14.4 Å². The van der Waals surface area contributed by atoms with Crippen LogP contribution in [0.15, 0.2) is 0 Å². The highest BCUT2D eigenvalue weighted by Crippen LogP contribution is 2.46. The number of nitrogens with zero attached hydrogens (tertiary/aromatic N) is 2. The molecule has 0 radical (unpaired) electrons. The van der Waals surface area contributed by atoms with Crippen molar-refractivity contribution in [3.05, 3.63) is 0 Å². The zero-order chi connectivity index (χ0) is 36.1. The lowest BCUT2D eigenvalue weighted by Gasteiger charge is -2.43. The molecule has 1 fully saturated rings. The first-order chi connectivity index (χ1) is 22.8. The highest BCUT2D eigenvalue weighted by Gasteiger charge is 2.44. The molecule has 7 atom stereocenters. The van der Waals surface area contributed by atoms with Gasteiger partial charge < -0.3 is 28.0 Å². The second-order valence-electron chi connectivity index (χ2n) is 13.6. The van der Waals surface area contributed by atoms with Crippen molar-refractivity contribution in [1.82, 2.24) is 4.67 Å². The van der Waals surface area contributed by atoms with Crippen molar-refractivity contribution in [3.63, 3.8) is 0 Å². The summed E-state index contributed by atoms with van der Waals surface area (Å²) in [5.41, 5.74) is 0. The van der Waals surface area contributed by atoms with Crippen LogP contribution in [0.5, 0.6) is 0 Å². The molecule has 0 spiro atoms. The number of esters is 2. The van der Waals surface area contributed by atoms with E-state index in [4.69, 9.17) is 33.3 Å². The SMILES string of the molecule is CCC(COP(OCCC#N)N(C(C)C)C(C)C)CC(=O)CCCCCCCCCOC1OC(COC(C)=O)C(OC(C)=O)C(C)C1C. The third-order valence-electron chi connectivity index (χ3n) is 8.76. The summed E-state index contributed by atoms with van der Waals surface area (Å²) in [6, 6.07) is 2.62. The maximum atomic E-state index is 12.8. The van der Waals surface area contributed by atoms with Crippen LogP contribution in [0.25, 0.3) is 0 Å². The maximum Gasteiger partial charge on any atom is 0.303 e. The van der Waals surface area contributed by atoms with E-state index in [0.29, 0.717) is 44.9 Å². The summed E-state index contributed by atoms with van der Waals surface area (Å²) in [7, 11) is -1.29. The van der Waals surface area contributed by atoms with Crippen molar-refractivity contribution in [2.24, 2.45) is 17.8 Å².